The molecule has 1 aliphatic heterocycles. The van der Waals surface area contributed by atoms with E-state index < -0.39 is 0 Å². The van der Waals surface area contributed by atoms with Gasteiger partial charge in [-0.15, -0.1) is 0 Å². The van der Waals surface area contributed by atoms with E-state index in [-0.39, 0.29) is 38.1 Å². The fourth-order valence-corrected chi connectivity index (χ4v) is 2.87. The molecule has 1 fully saturated rings. The Morgan fingerprint density at radius 2 is 1.77 bits per heavy atom. The first-order valence-corrected chi connectivity index (χ1v) is 8.12. The first kappa shape index (κ1) is 19.8. The van der Waals surface area contributed by atoms with Crippen LogP contribution in [-0.2, 0) is 42.9 Å². The second kappa shape index (κ2) is 8.59. The maximum atomic E-state index is 11.8. The van der Waals surface area contributed by atoms with Crippen LogP contribution in [0.1, 0.15) is 70.0 Å². The summed E-state index contributed by atoms with van der Waals surface area (Å²) in [6, 6.07) is 9.10. The van der Waals surface area contributed by atoms with Crippen molar-refractivity contribution in [1.29, 1.82) is 0 Å². The molecule has 1 heterocycles. The smallest absolute Gasteiger partial charge is 0.225 e. The summed E-state index contributed by atoms with van der Waals surface area (Å²) >= 11 is 0. The molecule has 3 heteroatoms. The van der Waals surface area contributed by atoms with Crippen molar-refractivity contribution in [2.75, 3.05) is 6.54 Å². The molecule has 1 aromatic carbocycles. The number of likely N-dealkylation sites (tertiary alicyclic amines) is 1. The van der Waals surface area contributed by atoms with Gasteiger partial charge in [-0.2, -0.15) is 6.42 Å². The van der Waals surface area contributed by atoms with Gasteiger partial charge in [-0.25, -0.2) is 0 Å². The summed E-state index contributed by atoms with van der Waals surface area (Å²) < 4.78 is 0. The van der Waals surface area contributed by atoms with Crippen molar-refractivity contribution < 1.29 is 37.5 Å². The Morgan fingerprint density at radius 3 is 2.27 bits per heavy atom. The van der Waals surface area contributed by atoms with Crippen LogP contribution < -0.4 is 0 Å². The molecule has 1 aliphatic rings. The number of nitrogens with zero attached hydrogens (tertiary/aromatic N) is 1. The van der Waals surface area contributed by atoms with E-state index in [1.807, 2.05) is 4.90 Å². The van der Waals surface area contributed by atoms with Gasteiger partial charge in [0.1, 0.15) is 0 Å². The van der Waals surface area contributed by atoms with Gasteiger partial charge in [-0.05, 0) is 23.0 Å². The quantitative estimate of drug-likeness (QED) is 0.403. The van der Waals surface area contributed by atoms with Gasteiger partial charge in [0.2, 0.25) is 5.91 Å². The minimum atomic E-state index is 0. The van der Waals surface area contributed by atoms with Crippen LogP contribution in [0.3, 0.4) is 0 Å². The van der Waals surface area contributed by atoms with Gasteiger partial charge in [0, 0.05) is 39.3 Å². The fraction of sp³-hybridized carbons (Fsp3) is 0.579. The summed E-state index contributed by atoms with van der Waals surface area (Å²) in [6.45, 7) is 11.4. The Hall–Kier alpha value is -0.206. The van der Waals surface area contributed by atoms with Crippen LogP contribution in [0, 0.1) is 6.92 Å². The zero-order chi connectivity index (χ0) is 15.5. The van der Waals surface area contributed by atoms with Crippen LogP contribution in [0.4, 0.5) is 0 Å². The molecular formula is C19H28NOY-. The predicted molar refractivity (Wildman–Crippen MR) is 88.0 cm³/mol. The molecule has 0 bridgehead atoms. The number of hydrogen-bond acceptors (Lipinski definition) is 1. The van der Waals surface area contributed by atoms with Gasteiger partial charge in [0.25, 0.3) is 0 Å². The van der Waals surface area contributed by atoms with Crippen LogP contribution in [0.15, 0.2) is 24.3 Å². The number of carbonyl (C=O) groups excluding carboxylic acids is 1. The molecule has 1 amide bonds. The number of β-lactam (4-membered cyclic amide) rings is 1. The van der Waals surface area contributed by atoms with Crippen LogP contribution in [-0.4, -0.2) is 17.4 Å². The topological polar surface area (TPSA) is 20.3 Å². The van der Waals surface area contributed by atoms with Crippen LogP contribution in [0.2, 0.25) is 0 Å². The van der Waals surface area contributed by atoms with Crippen molar-refractivity contribution in [2.45, 2.75) is 64.3 Å². The monoisotopic (exact) mass is 375 g/mol. The second-order valence-corrected chi connectivity index (χ2v) is 7.09. The van der Waals surface area contributed by atoms with Crippen LogP contribution >= 0.6 is 0 Å². The average Bonchev–Trinajstić information content (AvgIpc) is 2.43. The normalized spacial score (nSPS) is 17.9. The molecule has 1 radical (unpaired) electrons. The van der Waals surface area contributed by atoms with Crippen molar-refractivity contribution in [3.63, 3.8) is 0 Å². The minimum absolute atomic E-state index is 0. The van der Waals surface area contributed by atoms with E-state index >= 15 is 0 Å². The van der Waals surface area contributed by atoms with E-state index in [0.717, 1.165) is 25.8 Å². The van der Waals surface area contributed by atoms with Crippen molar-refractivity contribution in [1.82, 2.24) is 4.90 Å². The Bertz CT molecular complexity index is 475. The first-order valence-electron chi connectivity index (χ1n) is 8.12. The number of unbranched alkanes of at least 4 members (excludes halogenated alkanes) is 3. The van der Waals surface area contributed by atoms with Gasteiger partial charge in [0.15, 0.2) is 0 Å². The average molecular weight is 375 g/mol. The number of rotatable bonds is 6. The molecule has 1 saturated heterocycles. The molecule has 22 heavy (non-hydrogen) atoms. The Balaban J connectivity index is 0.00000242. The summed E-state index contributed by atoms with van der Waals surface area (Å²) in [5, 5.41) is 0. The van der Waals surface area contributed by atoms with Crippen LogP contribution in [0.5, 0.6) is 0 Å². The van der Waals surface area contributed by atoms with E-state index in [1.54, 1.807) is 0 Å². The number of amides is 1. The Kier molecular flexibility index (Phi) is 7.75. The van der Waals surface area contributed by atoms with Gasteiger partial charge >= 0.3 is 0 Å². The zero-order valence-corrected chi connectivity index (χ0v) is 17.1. The number of benzene rings is 1. The molecule has 2 nitrogen and oxygen atoms in total. The summed E-state index contributed by atoms with van der Waals surface area (Å²) in [6.07, 6.45) is 5.09. The zero-order valence-electron chi connectivity index (χ0n) is 14.3. The van der Waals surface area contributed by atoms with E-state index in [9.17, 15) is 4.79 Å². The third kappa shape index (κ3) is 4.89. The molecule has 0 aromatic heterocycles. The van der Waals surface area contributed by atoms with Gasteiger partial charge in [-0.3, -0.25) is 4.79 Å². The summed E-state index contributed by atoms with van der Waals surface area (Å²) in [5.41, 5.74) is 2.81. The van der Waals surface area contributed by atoms with Gasteiger partial charge in [0.05, 0.1) is 12.5 Å². The van der Waals surface area contributed by atoms with Crippen molar-refractivity contribution in [3.8, 4) is 0 Å². The third-order valence-corrected chi connectivity index (χ3v) is 4.38. The molecule has 0 spiro atoms. The van der Waals surface area contributed by atoms with E-state index in [4.69, 9.17) is 0 Å². The van der Waals surface area contributed by atoms with Crippen LogP contribution in [0.25, 0.3) is 0 Å². The minimum Gasteiger partial charge on any atom is -0.343 e. The molecule has 0 unspecified atom stereocenters. The molecule has 1 aromatic rings. The predicted octanol–water partition coefficient (Wildman–Crippen LogP) is 4.65. The van der Waals surface area contributed by atoms with E-state index in [2.05, 4.69) is 52.0 Å². The summed E-state index contributed by atoms with van der Waals surface area (Å²) in [5.74, 6) is 0.300. The molecule has 0 N–H and O–H groups in total. The van der Waals surface area contributed by atoms with Gasteiger partial charge in [-0.1, -0.05) is 57.9 Å². The third-order valence-electron chi connectivity index (χ3n) is 4.38. The summed E-state index contributed by atoms with van der Waals surface area (Å²) in [4.78, 5) is 13.9. The van der Waals surface area contributed by atoms with Crippen molar-refractivity contribution in [3.05, 3.63) is 42.3 Å². The molecule has 119 valence electrons. The molecule has 0 aliphatic carbocycles. The number of hydrogen-bond donors (Lipinski definition) is 0. The Morgan fingerprint density at radius 1 is 1.14 bits per heavy atom. The largest absolute Gasteiger partial charge is 0.343 e. The first-order chi connectivity index (χ1) is 9.93. The van der Waals surface area contributed by atoms with Gasteiger partial charge < -0.3 is 11.8 Å². The maximum absolute atomic E-state index is 11.8. The second-order valence-electron chi connectivity index (χ2n) is 7.09. The molecular weight excluding hydrogens is 347 g/mol. The molecule has 2 rings (SSSR count). The van der Waals surface area contributed by atoms with Crippen molar-refractivity contribution >= 4 is 5.91 Å². The summed E-state index contributed by atoms with van der Waals surface area (Å²) in [7, 11) is 0. The van der Waals surface area contributed by atoms with E-state index in [1.165, 1.54) is 17.5 Å². The maximum Gasteiger partial charge on any atom is 0.225 e. The standard InChI is InChI=1S/C19H28NO.Y/c1-5-6-7-8-13-20-17(14-18(20)21)15-9-11-16(12-10-15)19(2,3)4;/h9-12,17H,1,5-8,13-14H2,2-4H3;/q-1;/t17-;/m1./s1. The SMILES string of the molecule is [CH2-]CCCCCN1C(=O)C[C@@H]1c1ccc(C(C)(C)C)cc1.[Y]. The van der Waals surface area contributed by atoms with E-state index in [0.29, 0.717) is 18.4 Å². The number of carbonyl (C=O) groups is 1. The fourth-order valence-electron chi connectivity index (χ4n) is 2.87. The molecule has 0 saturated carbocycles. The molecule has 1 atom stereocenters. The van der Waals surface area contributed by atoms with Crippen molar-refractivity contribution in [2.24, 2.45) is 0 Å². The Labute approximate surface area is 160 Å².